The van der Waals surface area contributed by atoms with Crippen LogP contribution in [0.2, 0.25) is 0 Å². The first-order valence-electron chi connectivity index (χ1n) is 5.51. The van der Waals surface area contributed by atoms with E-state index < -0.39 is 17.7 Å². The summed E-state index contributed by atoms with van der Waals surface area (Å²) in [4.78, 5) is 11.5. The van der Waals surface area contributed by atoms with E-state index in [9.17, 15) is 13.6 Å². The summed E-state index contributed by atoms with van der Waals surface area (Å²) in [5, 5.41) is 2.48. The standard InChI is InChI=1S/C12H16F2N2O.ClH/c1-2-3-11(15)12(17)16-7-8-6-9(13)4-5-10(8)14;/h4-6,11H,2-3,7,15H2,1H3,(H,16,17);1H. The average molecular weight is 279 g/mol. The molecule has 18 heavy (non-hydrogen) atoms. The lowest BCUT2D eigenvalue weighted by Gasteiger charge is -2.11. The van der Waals surface area contributed by atoms with Gasteiger partial charge >= 0.3 is 0 Å². The molecule has 0 aliphatic heterocycles. The fourth-order valence-corrected chi connectivity index (χ4v) is 1.43. The molecular formula is C12H17ClF2N2O. The Balaban J connectivity index is 0.00000289. The molecule has 0 aliphatic rings. The predicted molar refractivity (Wildman–Crippen MR) is 68.3 cm³/mol. The topological polar surface area (TPSA) is 55.1 Å². The van der Waals surface area contributed by atoms with Crippen molar-refractivity contribution in [1.29, 1.82) is 0 Å². The lowest BCUT2D eigenvalue weighted by atomic mass is 10.1. The van der Waals surface area contributed by atoms with Crippen molar-refractivity contribution in [3.63, 3.8) is 0 Å². The number of benzene rings is 1. The van der Waals surface area contributed by atoms with E-state index >= 15 is 0 Å². The van der Waals surface area contributed by atoms with Crippen LogP contribution in [0.15, 0.2) is 18.2 Å². The van der Waals surface area contributed by atoms with Crippen LogP contribution in [0, 0.1) is 11.6 Å². The molecule has 1 aromatic rings. The highest BCUT2D eigenvalue weighted by atomic mass is 35.5. The van der Waals surface area contributed by atoms with Gasteiger partial charge in [0.1, 0.15) is 11.6 Å². The van der Waals surface area contributed by atoms with Crippen LogP contribution in [0.3, 0.4) is 0 Å². The van der Waals surface area contributed by atoms with E-state index in [4.69, 9.17) is 5.73 Å². The Labute approximate surface area is 111 Å². The molecule has 0 bridgehead atoms. The molecule has 1 aromatic carbocycles. The van der Waals surface area contributed by atoms with E-state index in [0.717, 1.165) is 24.6 Å². The Kier molecular flexibility index (Phi) is 7.47. The predicted octanol–water partition coefficient (Wildman–Crippen LogP) is 2.13. The van der Waals surface area contributed by atoms with Crippen LogP contribution >= 0.6 is 12.4 Å². The summed E-state index contributed by atoms with van der Waals surface area (Å²) in [6.45, 7) is 1.86. The van der Waals surface area contributed by atoms with Gasteiger partial charge in [-0.25, -0.2) is 8.78 Å². The van der Waals surface area contributed by atoms with Crippen LogP contribution in [0.1, 0.15) is 25.3 Å². The average Bonchev–Trinajstić information content (AvgIpc) is 2.30. The van der Waals surface area contributed by atoms with E-state index in [-0.39, 0.29) is 30.4 Å². The third-order valence-electron chi connectivity index (χ3n) is 2.40. The molecular weight excluding hydrogens is 262 g/mol. The number of hydrogen-bond acceptors (Lipinski definition) is 2. The molecule has 0 spiro atoms. The highest BCUT2D eigenvalue weighted by molar-refractivity contribution is 5.85. The number of nitrogens with two attached hydrogens (primary N) is 1. The Hall–Kier alpha value is -1.20. The van der Waals surface area contributed by atoms with Gasteiger partial charge in [0.05, 0.1) is 6.04 Å². The Morgan fingerprint density at radius 3 is 2.72 bits per heavy atom. The van der Waals surface area contributed by atoms with Crippen LogP contribution in [-0.2, 0) is 11.3 Å². The first-order chi connectivity index (χ1) is 8.04. The normalized spacial score (nSPS) is 11.6. The van der Waals surface area contributed by atoms with Crippen LogP contribution in [0.4, 0.5) is 8.78 Å². The number of nitrogens with one attached hydrogen (secondary N) is 1. The summed E-state index contributed by atoms with van der Waals surface area (Å²) in [6, 6.07) is 2.52. The van der Waals surface area contributed by atoms with E-state index in [1.54, 1.807) is 0 Å². The summed E-state index contributed by atoms with van der Waals surface area (Å²) in [5.41, 5.74) is 5.69. The van der Waals surface area contributed by atoms with Crippen LogP contribution in [-0.4, -0.2) is 11.9 Å². The van der Waals surface area contributed by atoms with Crippen molar-refractivity contribution >= 4 is 18.3 Å². The number of halogens is 3. The highest BCUT2D eigenvalue weighted by Gasteiger charge is 2.12. The maximum absolute atomic E-state index is 13.2. The van der Waals surface area contributed by atoms with E-state index in [2.05, 4.69) is 5.32 Å². The van der Waals surface area contributed by atoms with Gasteiger partial charge in [0, 0.05) is 12.1 Å². The second-order valence-corrected chi connectivity index (χ2v) is 3.85. The van der Waals surface area contributed by atoms with Crippen molar-refractivity contribution in [2.24, 2.45) is 5.73 Å². The molecule has 0 saturated carbocycles. The lowest BCUT2D eigenvalue weighted by Crippen LogP contribution is -2.40. The van der Waals surface area contributed by atoms with Gasteiger partial charge in [-0.15, -0.1) is 12.4 Å². The Morgan fingerprint density at radius 2 is 2.11 bits per heavy atom. The number of amides is 1. The first kappa shape index (κ1) is 16.8. The van der Waals surface area contributed by atoms with Crippen LogP contribution in [0.5, 0.6) is 0 Å². The van der Waals surface area contributed by atoms with Gasteiger partial charge in [0.15, 0.2) is 0 Å². The van der Waals surface area contributed by atoms with Gasteiger partial charge in [-0.2, -0.15) is 0 Å². The summed E-state index contributed by atoms with van der Waals surface area (Å²) in [5.74, 6) is -1.43. The van der Waals surface area contributed by atoms with Crippen molar-refractivity contribution in [2.75, 3.05) is 0 Å². The number of carbonyl (C=O) groups excluding carboxylic acids is 1. The summed E-state index contributed by atoms with van der Waals surface area (Å²) in [7, 11) is 0. The van der Waals surface area contributed by atoms with Gasteiger partial charge in [0.25, 0.3) is 0 Å². The van der Waals surface area contributed by atoms with E-state index in [1.165, 1.54) is 0 Å². The third-order valence-corrected chi connectivity index (χ3v) is 2.40. The maximum Gasteiger partial charge on any atom is 0.237 e. The van der Waals surface area contributed by atoms with Gasteiger partial charge in [-0.05, 0) is 24.6 Å². The SMILES string of the molecule is CCCC(N)C(=O)NCc1cc(F)ccc1F.Cl. The first-order valence-corrected chi connectivity index (χ1v) is 5.51. The number of carbonyl (C=O) groups is 1. The molecule has 1 atom stereocenters. The lowest BCUT2D eigenvalue weighted by molar-refractivity contribution is -0.122. The minimum Gasteiger partial charge on any atom is -0.351 e. The second kappa shape index (κ2) is 8.00. The molecule has 3 nitrogen and oxygen atoms in total. The largest absolute Gasteiger partial charge is 0.351 e. The summed E-state index contributed by atoms with van der Waals surface area (Å²) in [6.07, 6.45) is 1.36. The summed E-state index contributed by atoms with van der Waals surface area (Å²) >= 11 is 0. The zero-order chi connectivity index (χ0) is 12.8. The van der Waals surface area contributed by atoms with Gasteiger partial charge in [-0.1, -0.05) is 13.3 Å². The zero-order valence-electron chi connectivity index (χ0n) is 10.1. The molecule has 1 amide bonds. The van der Waals surface area contributed by atoms with E-state index in [1.807, 2.05) is 6.92 Å². The molecule has 0 aromatic heterocycles. The minimum absolute atomic E-state index is 0. The monoisotopic (exact) mass is 278 g/mol. The molecule has 1 rings (SSSR count). The second-order valence-electron chi connectivity index (χ2n) is 3.85. The molecule has 0 fully saturated rings. The molecule has 0 saturated heterocycles. The Morgan fingerprint density at radius 1 is 1.44 bits per heavy atom. The summed E-state index contributed by atoms with van der Waals surface area (Å²) < 4.78 is 26.1. The highest BCUT2D eigenvalue weighted by Crippen LogP contribution is 2.09. The third kappa shape index (κ3) is 4.98. The molecule has 1 unspecified atom stereocenters. The molecule has 3 N–H and O–H groups in total. The molecule has 0 aliphatic carbocycles. The number of rotatable bonds is 5. The van der Waals surface area contributed by atoms with Crippen molar-refractivity contribution < 1.29 is 13.6 Å². The number of hydrogen-bond donors (Lipinski definition) is 2. The minimum atomic E-state index is -0.600. The van der Waals surface area contributed by atoms with Gasteiger partial charge in [-0.3, -0.25) is 4.79 Å². The molecule has 6 heteroatoms. The van der Waals surface area contributed by atoms with Crippen LogP contribution < -0.4 is 11.1 Å². The quantitative estimate of drug-likeness (QED) is 0.867. The van der Waals surface area contributed by atoms with Crippen molar-refractivity contribution in [3.8, 4) is 0 Å². The zero-order valence-corrected chi connectivity index (χ0v) is 10.9. The molecule has 0 heterocycles. The van der Waals surface area contributed by atoms with E-state index in [0.29, 0.717) is 6.42 Å². The fraction of sp³-hybridized carbons (Fsp3) is 0.417. The molecule has 102 valence electrons. The van der Waals surface area contributed by atoms with Crippen molar-refractivity contribution in [2.45, 2.75) is 32.4 Å². The maximum atomic E-state index is 13.2. The molecule has 0 radical (unpaired) electrons. The Bertz CT molecular complexity index is 402. The fourth-order valence-electron chi connectivity index (χ4n) is 1.43. The van der Waals surface area contributed by atoms with Gasteiger partial charge in [0.2, 0.25) is 5.91 Å². The van der Waals surface area contributed by atoms with Crippen LogP contribution in [0.25, 0.3) is 0 Å². The van der Waals surface area contributed by atoms with Crippen molar-refractivity contribution in [3.05, 3.63) is 35.4 Å². The smallest absolute Gasteiger partial charge is 0.237 e. The van der Waals surface area contributed by atoms with Crippen molar-refractivity contribution in [1.82, 2.24) is 5.32 Å². The van der Waals surface area contributed by atoms with Gasteiger partial charge < -0.3 is 11.1 Å².